The summed E-state index contributed by atoms with van der Waals surface area (Å²) in [5, 5.41) is 17.8. The number of hydrogen-bond donors (Lipinski definition) is 3. The third-order valence-corrected chi connectivity index (χ3v) is 5.05. The third kappa shape index (κ3) is 5.39. The summed E-state index contributed by atoms with van der Waals surface area (Å²) in [5.41, 5.74) is 0.953. The van der Waals surface area contributed by atoms with Crippen molar-refractivity contribution in [3.63, 3.8) is 0 Å². The van der Waals surface area contributed by atoms with E-state index in [1.165, 1.54) is 12.1 Å². The fraction of sp³-hybridized carbons (Fsp3) is 0.211. The SMILES string of the molecule is CN=C(NCc1ccc(F)cc1)NCC(O)c1cc2ccccc2s1.I. The highest BCUT2D eigenvalue weighted by Gasteiger charge is 2.12. The second-order valence-corrected chi connectivity index (χ2v) is 6.75. The average molecular weight is 485 g/mol. The van der Waals surface area contributed by atoms with Gasteiger partial charge in [0.25, 0.3) is 0 Å². The number of guanidine groups is 1. The lowest BCUT2D eigenvalue weighted by Crippen LogP contribution is -2.38. The lowest BCUT2D eigenvalue weighted by atomic mass is 10.2. The Kier molecular flexibility index (Phi) is 7.80. The van der Waals surface area contributed by atoms with Crippen LogP contribution in [0.2, 0.25) is 0 Å². The van der Waals surface area contributed by atoms with E-state index in [2.05, 4.69) is 15.6 Å². The Hall–Kier alpha value is -1.71. The summed E-state index contributed by atoms with van der Waals surface area (Å²) in [5.74, 6) is 0.335. The summed E-state index contributed by atoms with van der Waals surface area (Å²) in [7, 11) is 1.67. The molecule has 1 aromatic heterocycles. The highest BCUT2D eigenvalue weighted by atomic mass is 127. The molecule has 0 saturated carbocycles. The van der Waals surface area contributed by atoms with Crippen LogP contribution >= 0.6 is 35.3 Å². The van der Waals surface area contributed by atoms with Crippen molar-refractivity contribution < 1.29 is 9.50 Å². The van der Waals surface area contributed by atoms with Crippen LogP contribution in [0.3, 0.4) is 0 Å². The first-order valence-electron chi connectivity index (χ1n) is 8.01. The predicted molar refractivity (Wildman–Crippen MR) is 117 cm³/mol. The van der Waals surface area contributed by atoms with Gasteiger partial charge in [-0.15, -0.1) is 35.3 Å². The summed E-state index contributed by atoms with van der Waals surface area (Å²) in [6.45, 7) is 0.884. The van der Waals surface area contributed by atoms with E-state index in [-0.39, 0.29) is 29.8 Å². The number of aliphatic imine (C=N–C) groups is 1. The van der Waals surface area contributed by atoms with Crippen LogP contribution in [0.5, 0.6) is 0 Å². The van der Waals surface area contributed by atoms with Gasteiger partial charge in [0, 0.05) is 29.7 Å². The first-order valence-corrected chi connectivity index (χ1v) is 8.83. The summed E-state index contributed by atoms with van der Waals surface area (Å²) in [6, 6.07) is 16.4. The molecule has 26 heavy (non-hydrogen) atoms. The molecular formula is C19H21FIN3OS. The molecule has 0 aliphatic carbocycles. The molecule has 0 aliphatic rings. The van der Waals surface area contributed by atoms with Crippen LogP contribution < -0.4 is 10.6 Å². The van der Waals surface area contributed by atoms with Gasteiger partial charge < -0.3 is 15.7 Å². The normalized spacial score (nSPS) is 12.5. The van der Waals surface area contributed by atoms with Crippen molar-refractivity contribution in [3.8, 4) is 0 Å². The lowest BCUT2D eigenvalue weighted by Gasteiger charge is -2.14. The van der Waals surface area contributed by atoms with E-state index in [0.717, 1.165) is 20.5 Å². The van der Waals surface area contributed by atoms with E-state index in [0.29, 0.717) is 19.0 Å². The summed E-state index contributed by atoms with van der Waals surface area (Å²) in [6.07, 6.45) is -0.609. The van der Waals surface area contributed by atoms with Gasteiger partial charge in [0.1, 0.15) is 11.9 Å². The van der Waals surface area contributed by atoms with Crippen LogP contribution in [-0.4, -0.2) is 24.7 Å². The smallest absolute Gasteiger partial charge is 0.191 e. The zero-order valence-corrected chi connectivity index (χ0v) is 17.4. The van der Waals surface area contributed by atoms with E-state index in [9.17, 15) is 9.50 Å². The zero-order valence-electron chi connectivity index (χ0n) is 14.3. The highest BCUT2D eigenvalue weighted by Crippen LogP contribution is 2.29. The van der Waals surface area contributed by atoms with Gasteiger partial charge in [0.2, 0.25) is 0 Å². The average Bonchev–Trinajstić information content (AvgIpc) is 3.07. The maximum atomic E-state index is 12.9. The molecule has 4 nitrogen and oxygen atoms in total. The molecule has 1 heterocycles. The fourth-order valence-corrected chi connectivity index (χ4v) is 3.52. The molecule has 1 unspecified atom stereocenters. The molecule has 0 fully saturated rings. The first kappa shape index (κ1) is 20.6. The Labute approximate surface area is 173 Å². The Bertz CT molecular complexity index is 834. The minimum Gasteiger partial charge on any atom is -0.386 e. The van der Waals surface area contributed by atoms with Crippen LogP contribution in [0.1, 0.15) is 16.5 Å². The van der Waals surface area contributed by atoms with Crippen LogP contribution in [0, 0.1) is 5.82 Å². The number of aliphatic hydroxyl groups is 1. The van der Waals surface area contributed by atoms with E-state index >= 15 is 0 Å². The number of halogens is 2. The molecule has 3 rings (SSSR count). The standard InChI is InChI=1S/C19H20FN3OS.HI/c1-21-19(22-11-13-6-8-15(20)9-7-13)23-12-16(24)18-10-14-4-2-3-5-17(14)25-18;/h2-10,16,24H,11-12H2,1H3,(H2,21,22,23);1H. The molecule has 0 bridgehead atoms. The molecule has 0 amide bonds. The number of aliphatic hydroxyl groups excluding tert-OH is 1. The van der Waals surface area contributed by atoms with Crippen molar-refractivity contribution in [2.75, 3.05) is 13.6 Å². The van der Waals surface area contributed by atoms with Gasteiger partial charge in [-0.1, -0.05) is 30.3 Å². The first-order chi connectivity index (χ1) is 12.2. The van der Waals surface area contributed by atoms with Gasteiger partial charge in [-0.05, 0) is 35.2 Å². The molecule has 2 aromatic carbocycles. The molecular weight excluding hydrogens is 464 g/mol. The Balaban J connectivity index is 0.00000243. The zero-order chi connectivity index (χ0) is 17.6. The van der Waals surface area contributed by atoms with Gasteiger partial charge in [-0.25, -0.2) is 4.39 Å². The van der Waals surface area contributed by atoms with Crippen LogP contribution in [0.4, 0.5) is 4.39 Å². The lowest BCUT2D eigenvalue weighted by molar-refractivity contribution is 0.184. The quantitative estimate of drug-likeness (QED) is 0.290. The second-order valence-electron chi connectivity index (χ2n) is 5.64. The molecule has 0 saturated heterocycles. The number of fused-ring (bicyclic) bond motifs is 1. The number of thiophene rings is 1. The van der Waals surface area contributed by atoms with Crippen molar-refractivity contribution in [3.05, 3.63) is 70.9 Å². The second kappa shape index (κ2) is 9.84. The Morgan fingerprint density at radius 3 is 2.58 bits per heavy atom. The van der Waals surface area contributed by atoms with Crippen LogP contribution in [0.15, 0.2) is 59.6 Å². The summed E-state index contributed by atoms with van der Waals surface area (Å²) < 4.78 is 14.1. The molecule has 0 aliphatic heterocycles. The van der Waals surface area contributed by atoms with Gasteiger partial charge in [-0.2, -0.15) is 0 Å². The van der Waals surface area contributed by atoms with Gasteiger partial charge in [0.15, 0.2) is 5.96 Å². The third-order valence-electron chi connectivity index (χ3n) is 3.83. The molecule has 3 aromatic rings. The molecule has 7 heteroatoms. The molecule has 1 atom stereocenters. The summed E-state index contributed by atoms with van der Waals surface area (Å²) in [4.78, 5) is 5.06. The number of nitrogens with zero attached hydrogens (tertiary/aromatic N) is 1. The van der Waals surface area contributed by atoms with Gasteiger partial charge in [-0.3, -0.25) is 4.99 Å². The van der Waals surface area contributed by atoms with E-state index < -0.39 is 6.10 Å². The number of hydrogen-bond acceptors (Lipinski definition) is 3. The van der Waals surface area contributed by atoms with E-state index in [1.54, 1.807) is 30.5 Å². The van der Waals surface area contributed by atoms with Crippen molar-refractivity contribution in [1.29, 1.82) is 0 Å². The van der Waals surface area contributed by atoms with Crippen LogP contribution in [-0.2, 0) is 6.54 Å². The van der Waals surface area contributed by atoms with Gasteiger partial charge in [0.05, 0.1) is 0 Å². The number of rotatable bonds is 5. The topological polar surface area (TPSA) is 56.7 Å². The van der Waals surface area contributed by atoms with Crippen molar-refractivity contribution >= 4 is 51.4 Å². The largest absolute Gasteiger partial charge is 0.386 e. The molecule has 0 radical (unpaired) electrons. The number of benzene rings is 2. The highest BCUT2D eigenvalue weighted by molar-refractivity contribution is 14.0. The van der Waals surface area contributed by atoms with Gasteiger partial charge >= 0.3 is 0 Å². The molecule has 138 valence electrons. The minimum atomic E-state index is -0.609. The van der Waals surface area contributed by atoms with Crippen molar-refractivity contribution in [1.82, 2.24) is 10.6 Å². The maximum absolute atomic E-state index is 12.9. The van der Waals surface area contributed by atoms with Crippen molar-refractivity contribution in [2.45, 2.75) is 12.6 Å². The van der Waals surface area contributed by atoms with Crippen LogP contribution in [0.25, 0.3) is 10.1 Å². The predicted octanol–water partition coefficient (Wildman–Crippen LogP) is 4.06. The monoisotopic (exact) mass is 485 g/mol. The Morgan fingerprint density at radius 1 is 1.15 bits per heavy atom. The number of nitrogens with one attached hydrogen (secondary N) is 2. The Morgan fingerprint density at radius 2 is 1.88 bits per heavy atom. The van der Waals surface area contributed by atoms with E-state index in [4.69, 9.17) is 0 Å². The fourth-order valence-electron chi connectivity index (χ4n) is 2.47. The van der Waals surface area contributed by atoms with Crippen molar-refractivity contribution in [2.24, 2.45) is 4.99 Å². The minimum absolute atomic E-state index is 0. The molecule has 3 N–H and O–H groups in total. The summed E-state index contributed by atoms with van der Waals surface area (Å²) >= 11 is 1.59. The maximum Gasteiger partial charge on any atom is 0.191 e. The van der Waals surface area contributed by atoms with E-state index in [1.807, 2.05) is 30.3 Å². The molecule has 0 spiro atoms.